The van der Waals surface area contributed by atoms with E-state index in [4.69, 9.17) is 21.5 Å². The lowest BCUT2D eigenvalue weighted by molar-refractivity contribution is -0.130. The Morgan fingerprint density at radius 3 is 2.59 bits per heavy atom. The number of halogens is 1. The SMILES string of the molecule is C[C@H]1[C@@H](NC(=O)[C@@H](C)OC(=O)c2cc(S(N)(=O)=O)ccc2Cl)CCC[C@@H]1C. The number of esters is 1. The molecule has 1 fully saturated rings. The summed E-state index contributed by atoms with van der Waals surface area (Å²) in [6.45, 7) is 5.72. The fourth-order valence-corrected chi connectivity index (χ4v) is 3.94. The third-order valence-corrected chi connectivity index (χ3v) is 6.41. The number of carbonyl (C=O) groups excluding carboxylic acids is 2. The highest BCUT2D eigenvalue weighted by molar-refractivity contribution is 7.89. The molecule has 0 heterocycles. The van der Waals surface area contributed by atoms with Gasteiger partial charge in [0.1, 0.15) is 0 Å². The Balaban J connectivity index is 2.06. The van der Waals surface area contributed by atoms with Crippen LogP contribution in [0.5, 0.6) is 0 Å². The molecular weight excluding hydrogens is 392 g/mol. The van der Waals surface area contributed by atoms with Crippen LogP contribution in [0.2, 0.25) is 5.02 Å². The Labute approximate surface area is 164 Å². The van der Waals surface area contributed by atoms with Crippen molar-refractivity contribution in [1.29, 1.82) is 0 Å². The second-order valence-electron chi connectivity index (χ2n) is 7.12. The van der Waals surface area contributed by atoms with Crippen LogP contribution in [0.15, 0.2) is 23.1 Å². The van der Waals surface area contributed by atoms with Crippen molar-refractivity contribution in [2.45, 2.75) is 57.1 Å². The fraction of sp³-hybridized carbons (Fsp3) is 0.556. The van der Waals surface area contributed by atoms with Crippen molar-refractivity contribution in [2.24, 2.45) is 17.0 Å². The lowest BCUT2D eigenvalue weighted by Gasteiger charge is -2.35. The van der Waals surface area contributed by atoms with Crippen LogP contribution >= 0.6 is 11.6 Å². The van der Waals surface area contributed by atoms with Crippen LogP contribution in [0.3, 0.4) is 0 Å². The van der Waals surface area contributed by atoms with Gasteiger partial charge in [0.25, 0.3) is 5.91 Å². The van der Waals surface area contributed by atoms with E-state index < -0.39 is 28.0 Å². The van der Waals surface area contributed by atoms with Gasteiger partial charge in [0.15, 0.2) is 6.10 Å². The molecule has 2 rings (SSSR count). The van der Waals surface area contributed by atoms with Gasteiger partial charge in [-0.05, 0) is 43.4 Å². The quantitative estimate of drug-likeness (QED) is 0.715. The minimum Gasteiger partial charge on any atom is -0.449 e. The highest BCUT2D eigenvalue weighted by atomic mass is 35.5. The second-order valence-corrected chi connectivity index (χ2v) is 9.09. The molecule has 1 amide bonds. The molecule has 0 aromatic heterocycles. The average Bonchev–Trinajstić information content (AvgIpc) is 2.58. The largest absolute Gasteiger partial charge is 0.449 e. The molecule has 150 valence electrons. The second kappa shape index (κ2) is 8.58. The van der Waals surface area contributed by atoms with E-state index in [1.807, 2.05) is 0 Å². The highest BCUT2D eigenvalue weighted by Gasteiger charge is 2.30. The summed E-state index contributed by atoms with van der Waals surface area (Å²) in [6.07, 6.45) is 2.02. The van der Waals surface area contributed by atoms with Gasteiger partial charge < -0.3 is 10.1 Å². The third kappa shape index (κ3) is 5.43. The monoisotopic (exact) mass is 416 g/mol. The zero-order valence-corrected chi connectivity index (χ0v) is 17.1. The van der Waals surface area contributed by atoms with E-state index in [0.29, 0.717) is 11.8 Å². The normalized spacial score (nSPS) is 24.1. The number of hydrogen-bond acceptors (Lipinski definition) is 5. The molecule has 0 bridgehead atoms. The van der Waals surface area contributed by atoms with Crippen LogP contribution < -0.4 is 10.5 Å². The molecule has 0 unspecified atom stereocenters. The van der Waals surface area contributed by atoms with Crippen LogP contribution in [0.4, 0.5) is 0 Å². The van der Waals surface area contributed by atoms with Gasteiger partial charge in [-0.15, -0.1) is 0 Å². The molecule has 0 saturated heterocycles. The first-order valence-electron chi connectivity index (χ1n) is 8.84. The number of nitrogens with one attached hydrogen (secondary N) is 1. The number of rotatable bonds is 5. The minimum atomic E-state index is -4.00. The first-order valence-corrected chi connectivity index (χ1v) is 10.8. The maximum Gasteiger partial charge on any atom is 0.340 e. The van der Waals surface area contributed by atoms with Crippen LogP contribution in [-0.2, 0) is 19.6 Å². The predicted octanol–water partition coefficient (Wildman–Crippen LogP) is 2.47. The minimum absolute atomic E-state index is 0.00901. The van der Waals surface area contributed by atoms with Gasteiger partial charge in [-0.25, -0.2) is 18.4 Å². The summed E-state index contributed by atoms with van der Waals surface area (Å²) in [5, 5.41) is 8.02. The molecule has 9 heteroatoms. The molecule has 1 aromatic rings. The van der Waals surface area contributed by atoms with Crippen molar-refractivity contribution in [3.63, 3.8) is 0 Å². The molecule has 3 N–H and O–H groups in total. The van der Waals surface area contributed by atoms with Gasteiger partial charge in [0.05, 0.1) is 15.5 Å². The Morgan fingerprint density at radius 2 is 1.96 bits per heavy atom. The number of benzene rings is 1. The summed E-state index contributed by atoms with van der Waals surface area (Å²) in [7, 11) is -4.00. The summed E-state index contributed by atoms with van der Waals surface area (Å²) in [4.78, 5) is 24.5. The molecule has 1 aliphatic carbocycles. The number of ether oxygens (including phenoxy) is 1. The van der Waals surface area contributed by atoms with Crippen molar-refractivity contribution in [2.75, 3.05) is 0 Å². The number of primary sulfonamides is 1. The zero-order chi connectivity index (χ0) is 20.4. The first-order chi connectivity index (χ1) is 12.5. The van der Waals surface area contributed by atoms with E-state index in [2.05, 4.69) is 19.2 Å². The van der Waals surface area contributed by atoms with Gasteiger partial charge in [-0.1, -0.05) is 38.3 Å². The highest BCUT2D eigenvalue weighted by Crippen LogP contribution is 2.29. The fourth-order valence-electron chi connectivity index (χ4n) is 3.20. The number of nitrogens with two attached hydrogens (primary N) is 1. The molecule has 0 aliphatic heterocycles. The molecule has 27 heavy (non-hydrogen) atoms. The van der Waals surface area contributed by atoms with Crippen molar-refractivity contribution in [1.82, 2.24) is 5.32 Å². The van der Waals surface area contributed by atoms with Crippen molar-refractivity contribution in [3.05, 3.63) is 28.8 Å². The van der Waals surface area contributed by atoms with Crippen LogP contribution in [0.25, 0.3) is 0 Å². The zero-order valence-electron chi connectivity index (χ0n) is 15.6. The van der Waals surface area contributed by atoms with Crippen LogP contribution in [0.1, 0.15) is 50.4 Å². The Morgan fingerprint density at radius 1 is 1.30 bits per heavy atom. The summed E-state index contributed by atoms with van der Waals surface area (Å²) in [5.41, 5.74) is -0.164. The Bertz CT molecular complexity index is 827. The van der Waals surface area contributed by atoms with E-state index >= 15 is 0 Å². The predicted molar refractivity (Wildman–Crippen MR) is 102 cm³/mol. The van der Waals surface area contributed by atoms with Crippen LogP contribution in [-0.4, -0.2) is 32.4 Å². The molecule has 7 nitrogen and oxygen atoms in total. The van der Waals surface area contributed by atoms with E-state index in [9.17, 15) is 18.0 Å². The Kier molecular flexibility index (Phi) is 6.88. The van der Waals surface area contributed by atoms with E-state index in [1.54, 1.807) is 0 Å². The van der Waals surface area contributed by atoms with Gasteiger partial charge >= 0.3 is 5.97 Å². The van der Waals surface area contributed by atoms with E-state index in [-0.39, 0.29) is 21.5 Å². The van der Waals surface area contributed by atoms with Crippen molar-refractivity contribution >= 4 is 33.5 Å². The van der Waals surface area contributed by atoms with E-state index in [1.165, 1.54) is 19.1 Å². The lowest BCUT2D eigenvalue weighted by Crippen LogP contribution is -2.47. The molecule has 4 atom stereocenters. The number of sulfonamides is 1. The molecule has 1 aliphatic rings. The Hall–Kier alpha value is -1.64. The maximum atomic E-state index is 12.4. The molecular formula is C18H25ClN2O5S. The van der Waals surface area contributed by atoms with Gasteiger partial charge in [0, 0.05) is 6.04 Å². The third-order valence-electron chi connectivity index (χ3n) is 5.17. The summed E-state index contributed by atoms with van der Waals surface area (Å²) in [5.74, 6) is -0.431. The van der Waals surface area contributed by atoms with Gasteiger partial charge in [0.2, 0.25) is 10.0 Å². The molecule has 1 aromatic carbocycles. The first kappa shape index (κ1) is 21.7. The summed E-state index contributed by atoms with van der Waals surface area (Å²) in [6, 6.07) is 3.51. The van der Waals surface area contributed by atoms with Gasteiger partial charge in [-0.3, -0.25) is 4.79 Å². The average molecular weight is 417 g/mol. The number of amides is 1. The summed E-state index contributed by atoms with van der Waals surface area (Å²) >= 11 is 5.96. The molecule has 1 saturated carbocycles. The summed E-state index contributed by atoms with van der Waals surface area (Å²) < 4.78 is 28.1. The van der Waals surface area contributed by atoms with Crippen LogP contribution in [0, 0.1) is 11.8 Å². The lowest BCUT2D eigenvalue weighted by atomic mass is 9.78. The number of carbonyl (C=O) groups is 2. The standard InChI is InChI=1S/C18H25ClN2O5S/c1-10-5-4-6-16(11(10)2)21-17(22)12(3)26-18(23)14-9-13(27(20,24)25)7-8-15(14)19/h7-12,16H,4-6H2,1-3H3,(H,21,22)(H2,20,24,25)/t10-,11+,12+,16-/m0/s1. The van der Waals surface area contributed by atoms with Gasteiger partial charge in [-0.2, -0.15) is 0 Å². The number of hydrogen-bond donors (Lipinski definition) is 2. The van der Waals surface area contributed by atoms with Crippen molar-refractivity contribution < 1.29 is 22.7 Å². The smallest absolute Gasteiger partial charge is 0.340 e. The van der Waals surface area contributed by atoms with Crippen molar-refractivity contribution in [3.8, 4) is 0 Å². The molecule has 0 radical (unpaired) electrons. The maximum absolute atomic E-state index is 12.4. The topological polar surface area (TPSA) is 116 Å². The molecule has 0 spiro atoms. The van der Waals surface area contributed by atoms with E-state index in [0.717, 1.165) is 25.3 Å².